The Bertz CT molecular complexity index is 1520. The fourth-order valence-corrected chi connectivity index (χ4v) is 6.21. The second-order valence-electron chi connectivity index (χ2n) is 10.1. The van der Waals surface area contributed by atoms with Crippen molar-refractivity contribution < 1.29 is 28.2 Å². The molecule has 1 aliphatic carbocycles. The van der Waals surface area contributed by atoms with Gasteiger partial charge in [-0.05, 0) is 48.9 Å². The van der Waals surface area contributed by atoms with Crippen LogP contribution in [0.4, 0.5) is 24.8 Å². The molecule has 3 aromatic heterocycles. The third-order valence-corrected chi connectivity index (χ3v) is 8.17. The lowest BCUT2D eigenvalue weighted by Crippen LogP contribution is -2.44. The van der Waals surface area contributed by atoms with E-state index in [1.54, 1.807) is 30.6 Å². The molecule has 198 valence electrons. The molecule has 8 nitrogen and oxygen atoms in total. The van der Waals surface area contributed by atoms with Crippen molar-refractivity contribution in [2.24, 2.45) is 11.3 Å². The number of halogens is 3. The number of hydrogen-bond acceptors (Lipinski definition) is 8. The number of hydrogen-bond donors (Lipinski definition) is 3. The first kappa shape index (κ1) is 26.0. The van der Waals surface area contributed by atoms with Crippen molar-refractivity contribution in [2.75, 3.05) is 5.32 Å². The van der Waals surface area contributed by atoms with Crippen LogP contribution in [0.25, 0.3) is 21.3 Å². The van der Waals surface area contributed by atoms with Gasteiger partial charge in [0.05, 0.1) is 16.3 Å². The van der Waals surface area contributed by atoms with Gasteiger partial charge in [0.25, 0.3) is 0 Å². The van der Waals surface area contributed by atoms with E-state index in [0.29, 0.717) is 29.1 Å². The van der Waals surface area contributed by atoms with Gasteiger partial charge in [-0.3, -0.25) is 9.78 Å². The van der Waals surface area contributed by atoms with E-state index in [2.05, 4.69) is 25.3 Å². The molecule has 1 aromatic carbocycles. The van der Waals surface area contributed by atoms with Crippen molar-refractivity contribution in [1.29, 1.82) is 0 Å². The molecule has 38 heavy (non-hydrogen) atoms. The highest BCUT2D eigenvalue weighted by atomic mass is 32.1. The van der Waals surface area contributed by atoms with E-state index in [9.17, 15) is 28.2 Å². The number of thiazole rings is 1. The number of carboxylic acids is 1. The number of carbonyl (C=O) groups is 1. The van der Waals surface area contributed by atoms with Crippen LogP contribution in [-0.2, 0) is 16.6 Å². The first-order valence-electron chi connectivity index (χ1n) is 11.8. The van der Waals surface area contributed by atoms with Crippen molar-refractivity contribution in [3.63, 3.8) is 0 Å². The van der Waals surface area contributed by atoms with Gasteiger partial charge in [-0.1, -0.05) is 19.9 Å². The lowest BCUT2D eigenvalue weighted by molar-refractivity contribution is -0.154. The number of aromatic nitrogens is 4. The Morgan fingerprint density at radius 3 is 2.61 bits per heavy atom. The third kappa shape index (κ3) is 4.93. The van der Waals surface area contributed by atoms with E-state index in [-0.39, 0.29) is 12.4 Å². The Morgan fingerprint density at radius 1 is 1.13 bits per heavy atom. The van der Waals surface area contributed by atoms with Crippen LogP contribution in [-0.4, -0.2) is 36.1 Å². The van der Waals surface area contributed by atoms with Gasteiger partial charge in [0.15, 0.2) is 0 Å². The molecule has 1 fully saturated rings. The zero-order chi connectivity index (χ0) is 27.3. The third-order valence-electron chi connectivity index (χ3n) is 6.95. The summed E-state index contributed by atoms with van der Waals surface area (Å²) in [5.41, 5.74) is -0.958. The van der Waals surface area contributed by atoms with E-state index in [1.165, 1.54) is 11.3 Å². The highest BCUT2D eigenvalue weighted by Gasteiger charge is 2.49. The predicted molar refractivity (Wildman–Crippen MR) is 136 cm³/mol. The van der Waals surface area contributed by atoms with Gasteiger partial charge in [-0.15, -0.1) is 11.3 Å². The first-order chi connectivity index (χ1) is 17.9. The van der Waals surface area contributed by atoms with E-state index >= 15 is 0 Å². The van der Waals surface area contributed by atoms with Crippen molar-refractivity contribution in [3.05, 3.63) is 59.6 Å². The van der Waals surface area contributed by atoms with E-state index in [0.717, 1.165) is 28.1 Å². The Morgan fingerprint density at radius 2 is 1.89 bits per heavy atom. The quantitative estimate of drug-likeness (QED) is 0.280. The van der Waals surface area contributed by atoms with E-state index in [4.69, 9.17) is 0 Å². The highest BCUT2D eigenvalue weighted by molar-refractivity contribution is 7.15. The maximum absolute atomic E-state index is 13.0. The summed E-state index contributed by atoms with van der Waals surface area (Å²) in [6.07, 6.45) is 0.726. The summed E-state index contributed by atoms with van der Waals surface area (Å²) < 4.78 is 38.9. The van der Waals surface area contributed by atoms with E-state index < -0.39 is 34.8 Å². The van der Waals surface area contributed by atoms with Crippen LogP contribution in [0.3, 0.4) is 0 Å². The number of benzene rings is 1. The predicted octanol–water partition coefficient (Wildman–Crippen LogP) is 6.01. The summed E-state index contributed by atoms with van der Waals surface area (Å²) in [7, 11) is 0. The highest BCUT2D eigenvalue weighted by Crippen LogP contribution is 2.51. The summed E-state index contributed by atoms with van der Waals surface area (Å²) in [4.78, 5) is 28.8. The molecular formula is C26H24F3N5O3S. The number of fused-ring (bicyclic) bond motifs is 1. The molecule has 0 saturated heterocycles. The van der Waals surface area contributed by atoms with Gasteiger partial charge < -0.3 is 15.5 Å². The zero-order valence-electron chi connectivity index (χ0n) is 20.5. The first-order valence-corrected chi connectivity index (χ1v) is 12.7. The number of nitrogens with one attached hydrogen (secondary N) is 1. The average Bonchev–Trinajstić information content (AvgIpc) is 3.33. The molecule has 3 heterocycles. The van der Waals surface area contributed by atoms with Crippen molar-refractivity contribution in [2.45, 2.75) is 44.9 Å². The number of aliphatic hydroxyl groups is 1. The van der Waals surface area contributed by atoms with Gasteiger partial charge in [0.2, 0.25) is 5.95 Å². The minimum absolute atomic E-state index is 0.184. The largest absolute Gasteiger partial charge is 0.481 e. The van der Waals surface area contributed by atoms with E-state index in [1.807, 2.05) is 19.9 Å². The number of alkyl halides is 3. The molecule has 0 unspecified atom stereocenters. The van der Waals surface area contributed by atoms with Gasteiger partial charge in [0.1, 0.15) is 16.3 Å². The molecule has 0 spiro atoms. The van der Waals surface area contributed by atoms with Gasteiger partial charge >= 0.3 is 12.1 Å². The summed E-state index contributed by atoms with van der Waals surface area (Å²) in [5, 5.41) is 25.1. The minimum Gasteiger partial charge on any atom is -0.481 e. The van der Waals surface area contributed by atoms with Crippen molar-refractivity contribution in [1.82, 2.24) is 19.9 Å². The molecule has 0 bridgehead atoms. The minimum atomic E-state index is -4.58. The molecule has 5 rings (SSSR count). The van der Waals surface area contributed by atoms with Gasteiger partial charge in [-0.25, -0.2) is 15.0 Å². The fraction of sp³-hybridized carbons (Fsp3) is 0.346. The Hall–Kier alpha value is -3.64. The smallest absolute Gasteiger partial charge is 0.433 e. The molecule has 2 atom stereocenters. The van der Waals surface area contributed by atoms with Crippen molar-refractivity contribution >= 4 is 39.8 Å². The Kier molecular flexibility index (Phi) is 6.35. The Balaban J connectivity index is 1.42. The lowest BCUT2D eigenvalue weighted by Gasteiger charge is -2.44. The van der Waals surface area contributed by atoms with Gasteiger partial charge in [0, 0.05) is 35.2 Å². The topological polar surface area (TPSA) is 121 Å². The van der Waals surface area contributed by atoms with Crippen LogP contribution in [0.1, 0.15) is 43.8 Å². The molecule has 3 N–H and O–H groups in total. The SMILES string of the molecule is CC1(C)C[C@](O)(c2ncc(-c3ccnc4cc(Nc5nccc(C(F)(F)F)n5)ccc34)s2)CC[C@H]1C(=O)O. The molecule has 0 radical (unpaired) electrons. The molecule has 12 heteroatoms. The standard InChI is InChI=1S/C26H24F3N5O3S/c1-24(2)13-25(37,8-5-17(24)21(35)36)22-32-12-19(38-22)16-6-9-30-18-11-14(3-4-15(16)18)33-23-31-10-7-20(34-23)26(27,28)29/h3-4,6-7,9-12,17,37H,5,8,13H2,1-2H3,(H,35,36)(H,31,33,34)/t17-,25-/m0/s1. The maximum Gasteiger partial charge on any atom is 0.433 e. The normalized spacial score (nSPS) is 21.4. The number of rotatable bonds is 5. The van der Waals surface area contributed by atoms with Crippen LogP contribution >= 0.6 is 11.3 Å². The summed E-state index contributed by atoms with van der Waals surface area (Å²) in [6.45, 7) is 3.72. The monoisotopic (exact) mass is 543 g/mol. The lowest BCUT2D eigenvalue weighted by atomic mass is 9.63. The van der Waals surface area contributed by atoms with Crippen LogP contribution in [0.5, 0.6) is 0 Å². The zero-order valence-corrected chi connectivity index (χ0v) is 21.3. The van der Waals surface area contributed by atoms with Gasteiger partial charge in [-0.2, -0.15) is 13.2 Å². The number of nitrogens with zero attached hydrogens (tertiary/aromatic N) is 4. The van der Waals surface area contributed by atoms with Crippen LogP contribution in [0, 0.1) is 11.3 Å². The Labute approximate surface area is 219 Å². The molecular weight excluding hydrogens is 519 g/mol. The summed E-state index contributed by atoms with van der Waals surface area (Å²) >= 11 is 1.35. The second-order valence-corrected chi connectivity index (χ2v) is 11.2. The molecule has 1 saturated carbocycles. The molecule has 0 aliphatic heterocycles. The number of aliphatic carboxylic acids is 1. The number of carboxylic acid groups (broad SMARTS) is 1. The number of anilines is 2. The van der Waals surface area contributed by atoms with Crippen LogP contribution in [0.2, 0.25) is 0 Å². The summed E-state index contributed by atoms with van der Waals surface area (Å²) in [6, 6.07) is 7.81. The van der Waals surface area contributed by atoms with Crippen molar-refractivity contribution in [3.8, 4) is 10.4 Å². The number of pyridine rings is 1. The fourth-order valence-electron chi connectivity index (χ4n) is 5.14. The maximum atomic E-state index is 13.0. The average molecular weight is 544 g/mol. The molecule has 4 aromatic rings. The summed E-state index contributed by atoms with van der Waals surface area (Å²) in [5.74, 6) is -1.57. The van der Waals surface area contributed by atoms with Crippen LogP contribution < -0.4 is 5.32 Å². The molecule has 1 aliphatic rings. The van der Waals surface area contributed by atoms with Crippen LogP contribution in [0.15, 0.2) is 48.9 Å². The second kappa shape index (κ2) is 9.28. The molecule has 0 amide bonds.